The number of likely N-dealkylation sites (N-methyl/N-ethyl adjacent to an activating group) is 1. The maximum Gasteiger partial charge on any atom is 0.319 e. The van der Waals surface area contributed by atoms with Crippen molar-refractivity contribution in [3.63, 3.8) is 0 Å². The summed E-state index contributed by atoms with van der Waals surface area (Å²) in [6.07, 6.45) is 0.507. The Morgan fingerprint density at radius 3 is 2.67 bits per heavy atom. The van der Waals surface area contributed by atoms with Crippen molar-refractivity contribution >= 4 is 12.0 Å². The van der Waals surface area contributed by atoms with Crippen LogP contribution >= 0.6 is 0 Å². The maximum atomic E-state index is 12.1. The molecule has 0 radical (unpaired) electrons. The number of hydrogen-bond acceptors (Lipinski definition) is 3. The summed E-state index contributed by atoms with van der Waals surface area (Å²) in [5.74, 6) is -0.838. The Morgan fingerprint density at radius 2 is 2.17 bits per heavy atom. The number of aliphatic carboxylic acids is 1. The lowest BCUT2D eigenvalue weighted by molar-refractivity contribution is -0.147. The van der Waals surface area contributed by atoms with Crippen molar-refractivity contribution in [2.75, 3.05) is 39.9 Å². The summed E-state index contributed by atoms with van der Waals surface area (Å²) in [6.45, 7) is 6.02. The number of hydrogen-bond donors (Lipinski definition) is 1. The monoisotopic (exact) mass is 258 g/mol. The molecule has 0 aromatic heterocycles. The maximum absolute atomic E-state index is 12.1. The topological polar surface area (TPSA) is 70.1 Å². The van der Waals surface area contributed by atoms with E-state index in [-0.39, 0.29) is 12.6 Å². The first-order chi connectivity index (χ1) is 8.40. The summed E-state index contributed by atoms with van der Waals surface area (Å²) in [6, 6.07) is -0.125. The van der Waals surface area contributed by atoms with E-state index in [1.165, 1.54) is 0 Å². The number of urea groups is 1. The second-order valence-electron chi connectivity index (χ2n) is 4.94. The summed E-state index contributed by atoms with van der Waals surface area (Å²) >= 11 is 0. The number of ether oxygens (including phenoxy) is 1. The molecule has 104 valence electrons. The molecule has 1 aliphatic rings. The minimum atomic E-state index is -0.838. The fraction of sp³-hybridized carbons (Fsp3) is 0.833. The van der Waals surface area contributed by atoms with Crippen LogP contribution in [0.1, 0.15) is 20.3 Å². The number of carbonyl (C=O) groups is 2. The molecule has 1 rings (SSSR count). The van der Waals surface area contributed by atoms with E-state index in [2.05, 4.69) is 0 Å². The number of carboxylic acids is 1. The molecule has 0 aliphatic carbocycles. The zero-order chi connectivity index (χ0) is 13.8. The van der Waals surface area contributed by atoms with Crippen molar-refractivity contribution in [1.82, 2.24) is 9.80 Å². The lowest BCUT2D eigenvalue weighted by Gasteiger charge is -2.25. The minimum Gasteiger partial charge on any atom is -0.481 e. The molecule has 1 heterocycles. The third-order valence-corrected chi connectivity index (χ3v) is 3.36. The molecule has 6 nitrogen and oxygen atoms in total. The summed E-state index contributed by atoms with van der Waals surface area (Å²) in [4.78, 5) is 26.3. The molecule has 1 aliphatic heterocycles. The van der Waals surface area contributed by atoms with Crippen molar-refractivity contribution in [2.24, 2.45) is 5.41 Å². The number of carbonyl (C=O) groups excluding carboxylic acids is 1. The van der Waals surface area contributed by atoms with Gasteiger partial charge in [0.15, 0.2) is 0 Å². The van der Waals surface area contributed by atoms with Crippen molar-refractivity contribution in [1.29, 1.82) is 0 Å². The summed E-state index contributed by atoms with van der Waals surface area (Å²) < 4.78 is 5.19. The zero-order valence-electron chi connectivity index (χ0n) is 11.3. The van der Waals surface area contributed by atoms with E-state index in [9.17, 15) is 9.59 Å². The van der Waals surface area contributed by atoms with E-state index in [1.54, 1.807) is 23.8 Å². The molecular formula is C12H22N2O4. The van der Waals surface area contributed by atoms with Crippen LogP contribution in [0.25, 0.3) is 0 Å². The highest BCUT2D eigenvalue weighted by Crippen LogP contribution is 2.30. The molecule has 1 N–H and O–H groups in total. The van der Waals surface area contributed by atoms with Crippen LogP contribution in [-0.4, -0.2) is 66.8 Å². The first-order valence-corrected chi connectivity index (χ1v) is 6.22. The van der Waals surface area contributed by atoms with Gasteiger partial charge in [0, 0.05) is 33.3 Å². The Labute approximate surface area is 107 Å². The van der Waals surface area contributed by atoms with Gasteiger partial charge in [0.25, 0.3) is 0 Å². The van der Waals surface area contributed by atoms with Gasteiger partial charge >= 0.3 is 12.0 Å². The summed E-state index contributed by atoms with van der Waals surface area (Å²) in [5, 5.41) is 9.11. The normalized spacial score (nSPS) is 23.2. The third-order valence-electron chi connectivity index (χ3n) is 3.36. The lowest BCUT2D eigenvalue weighted by Crippen LogP contribution is -2.43. The second-order valence-corrected chi connectivity index (χ2v) is 4.94. The predicted molar refractivity (Wildman–Crippen MR) is 66.5 cm³/mol. The molecule has 1 unspecified atom stereocenters. The fourth-order valence-electron chi connectivity index (χ4n) is 1.98. The Morgan fingerprint density at radius 1 is 1.50 bits per heavy atom. The van der Waals surface area contributed by atoms with E-state index < -0.39 is 11.4 Å². The molecule has 0 spiro atoms. The number of likely N-dealkylation sites (tertiary alicyclic amines) is 1. The first kappa shape index (κ1) is 14.8. The van der Waals surface area contributed by atoms with E-state index in [1.807, 2.05) is 6.92 Å². The lowest BCUT2D eigenvalue weighted by atomic mass is 9.90. The number of nitrogens with zero attached hydrogens (tertiary/aromatic N) is 2. The number of carboxylic acid groups (broad SMARTS) is 1. The van der Waals surface area contributed by atoms with Crippen molar-refractivity contribution in [3.8, 4) is 0 Å². The Kier molecular flexibility index (Phi) is 4.95. The fourth-order valence-corrected chi connectivity index (χ4v) is 1.98. The summed E-state index contributed by atoms with van der Waals surface area (Å²) in [7, 11) is 1.71. The number of rotatable bonds is 5. The van der Waals surface area contributed by atoms with Gasteiger partial charge < -0.3 is 19.6 Å². The minimum absolute atomic E-state index is 0.125. The second kappa shape index (κ2) is 6.04. The van der Waals surface area contributed by atoms with Gasteiger partial charge in [-0.1, -0.05) is 0 Å². The zero-order valence-corrected chi connectivity index (χ0v) is 11.3. The van der Waals surface area contributed by atoms with Crippen molar-refractivity contribution < 1.29 is 19.4 Å². The smallest absolute Gasteiger partial charge is 0.319 e. The van der Waals surface area contributed by atoms with Gasteiger partial charge in [-0.15, -0.1) is 0 Å². The van der Waals surface area contributed by atoms with Crippen LogP contribution in [0.15, 0.2) is 0 Å². The van der Waals surface area contributed by atoms with E-state index in [0.717, 1.165) is 0 Å². The van der Waals surface area contributed by atoms with Crippen LogP contribution in [0.4, 0.5) is 4.79 Å². The van der Waals surface area contributed by atoms with Gasteiger partial charge in [0.1, 0.15) is 0 Å². The molecule has 0 saturated carbocycles. The van der Waals surface area contributed by atoms with E-state index >= 15 is 0 Å². The predicted octanol–water partition coefficient (Wildman–Crippen LogP) is 0.871. The standard InChI is InChI=1S/C12H22N2O4/c1-4-18-8-7-13(3)11(17)14-6-5-12(2,9-14)10(15)16/h4-9H2,1-3H3,(H,15,16). The van der Waals surface area contributed by atoms with Gasteiger partial charge in [-0.3, -0.25) is 4.79 Å². The molecule has 1 saturated heterocycles. The van der Waals surface area contributed by atoms with Gasteiger partial charge in [-0.25, -0.2) is 4.79 Å². The van der Waals surface area contributed by atoms with Gasteiger partial charge in [-0.05, 0) is 20.3 Å². The van der Waals surface area contributed by atoms with Gasteiger partial charge in [0.05, 0.1) is 12.0 Å². The molecule has 0 aromatic rings. The average molecular weight is 258 g/mol. The van der Waals surface area contributed by atoms with Crippen molar-refractivity contribution in [2.45, 2.75) is 20.3 Å². The first-order valence-electron chi connectivity index (χ1n) is 6.22. The largest absolute Gasteiger partial charge is 0.481 e. The quantitative estimate of drug-likeness (QED) is 0.743. The van der Waals surface area contributed by atoms with Crippen LogP contribution in [0.3, 0.4) is 0 Å². The SMILES string of the molecule is CCOCCN(C)C(=O)N1CCC(C)(C(=O)O)C1. The Balaban J connectivity index is 2.46. The Hall–Kier alpha value is -1.30. The van der Waals surface area contributed by atoms with Crippen LogP contribution < -0.4 is 0 Å². The highest BCUT2D eigenvalue weighted by molar-refractivity contribution is 5.79. The summed E-state index contributed by atoms with van der Waals surface area (Å²) in [5.41, 5.74) is -0.809. The molecule has 6 heteroatoms. The van der Waals surface area contributed by atoms with Crippen LogP contribution in [-0.2, 0) is 9.53 Å². The molecule has 1 fully saturated rings. The average Bonchev–Trinajstić information content (AvgIpc) is 2.72. The van der Waals surface area contributed by atoms with Crippen molar-refractivity contribution in [3.05, 3.63) is 0 Å². The van der Waals surface area contributed by atoms with Gasteiger partial charge in [-0.2, -0.15) is 0 Å². The molecule has 0 bridgehead atoms. The molecule has 2 amide bonds. The molecule has 0 aromatic carbocycles. The highest BCUT2D eigenvalue weighted by atomic mass is 16.5. The van der Waals surface area contributed by atoms with Crippen LogP contribution in [0.5, 0.6) is 0 Å². The molecule has 1 atom stereocenters. The molecule has 18 heavy (non-hydrogen) atoms. The third kappa shape index (κ3) is 3.35. The van der Waals surface area contributed by atoms with E-state index in [0.29, 0.717) is 32.7 Å². The van der Waals surface area contributed by atoms with Crippen LogP contribution in [0, 0.1) is 5.41 Å². The Bertz CT molecular complexity index is 321. The van der Waals surface area contributed by atoms with E-state index in [4.69, 9.17) is 9.84 Å². The number of amides is 2. The van der Waals surface area contributed by atoms with Gasteiger partial charge in [0.2, 0.25) is 0 Å². The molecular weight excluding hydrogens is 236 g/mol. The highest BCUT2D eigenvalue weighted by Gasteiger charge is 2.42. The van der Waals surface area contributed by atoms with Crippen LogP contribution in [0.2, 0.25) is 0 Å².